The van der Waals surface area contributed by atoms with E-state index in [0.29, 0.717) is 5.75 Å². The highest BCUT2D eigenvalue weighted by Crippen LogP contribution is 2.37. The summed E-state index contributed by atoms with van der Waals surface area (Å²) >= 11 is 0. The zero-order valence-corrected chi connectivity index (χ0v) is 16.7. The minimum absolute atomic E-state index is 0.0610. The molecule has 5 heteroatoms. The highest BCUT2D eigenvalue weighted by atomic mass is 32.2. The summed E-state index contributed by atoms with van der Waals surface area (Å²) in [6, 6.07) is 7.69. The van der Waals surface area contributed by atoms with Gasteiger partial charge in [0.25, 0.3) is 0 Å². The number of aryl methyl sites for hydroxylation is 1. The molecule has 0 radical (unpaired) electrons. The van der Waals surface area contributed by atoms with Gasteiger partial charge in [-0.25, -0.2) is 0 Å². The third-order valence-corrected chi connectivity index (χ3v) is 10.3. The molecule has 0 bridgehead atoms. The molecule has 0 fully saturated rings. The summed E-state index contributed by atoms with van der Waals surface area (Å²) in [5.74, 6) is 0.327. The van der Waals surface area contributed by atoms with Crippen molar-refractivity contribution in [3.05, 3.63) is 29.8 Å². The maximum atomic E-state index is 12.5. The second-order valence-electron chi connectivity index (χ2n) is 7.48. The predicted molar refractivity (Wildman–Crippen MR) is 96.2 cm³/mol. The minimum atomic E-state index is -2.00. The smallest absolute Gasteiger partial charge is 0.192 e. The van der Waals surface area contributed by atoms with Crippen molar-refractivity contribution in [3.8, 4) is 0 Å². The van der Waals surface area contributed by atoms with Crippen LogP contribution in [0, 0.1) is 6.92 Å². The van der Waals surface area contributed by atoms with Crippen molar-refractivity contribution in [2.45, 2.75) is 69.9 Å². The average molecular weight is 343 g/mol. The summed E-state index contributed by atoms with van der Waals surface area (Å²) in [6.07, 6.45) is -1.04. The molecule has 1 N–H and O–H groups in total. The van der Waals surface area contributed by atoms with Crippen LogP contribution in [0.3, 0.4) is 0 Å². The molecule has 0 spiro atoms. The van der Waals surface area contributed by atoms with E-state index >= 15 is 0 Å². The molecule has 22 heavy (non-hydrogen) atoms. The molecule has 0 aromatic heterocycles. The Morgan fingerprint density at radius 3 is 2.14 bits per heavy atom. The fraction of sp³-hybridized carbons (Fsp3) is 0.647. The molecule has 3 atom stereocenters. The van der Waals surface area contributed by atoms with Crippen molar-refractivity contribution in [2.24, 2.45) is 0 Å². The lowest BCUT2D eigenvalue weighted by atomic mass is 10.2. The van der Waals surface area contributed by atoms with Crippen LogP contribution in [0.2, 0.25) is 18.1 Å². The summed E-state index contributed by atoms with van der Waals surface area (Å²) in [5, 5.41) is 10.1. The van der Waals surface area contributed by atoms with Gasteiger partial charge < -0.3 is 9.53 Å². The Morgan fingerprint density at radius 1 is 1.23 bits per heavy atom. The van der Waals surface area contributed by atoms with E-state index in [1.54, 1.807) is 6.92 Å². The van der Waals surface area contributed by atoms with E-state index in [9.17, 15) is 9.32 Å². The van der Waals surface area contributed by atoms with Gasteiger partial charge in [-0.05, 0) is 44.1 Å². The standard InChI is InChI=1S/C17H30O3SSi/c1-13-8-10-15(11-9-13)21(19)12-16(14(2)18)20-22(6,7)17(3,4)5/h8-11,14,16,18H,12H2,1-7H3/t14-,16+,21?/m0/s1. The summed E-state index contributed by atoms with van der Waals surface area (Å²) < 4.78 is 18.8. The second-order valence-corrected chi connectivity index (χ2v) is 13.7. The van der Waals surface area contributed by atoms with E-state index in [1.807, 2.05) is 31.2 Å². The van der Waals surface area contributed by atoms with E-state index in [0.717, 1.165) is 10.5 Å². The lowest BCUT2D eigenvalue weighted by molar-refractivity contribution is 0.0536. The minimum Gasteiger partial charge on any atom is -0.410 e. The molecule has 0 heterocycles. The third-order valence-electron chi connectivity index (χ3n) is 4.39. The van der Waals surface area contributed by atoms with Gasteiger partial charge in [0.05, 0.1) is 28.8 Å². The molecule has 1 rings (SSSR count). The number of benzene rings is 1. The van der Waals surface area contributed by atoms with Crippen LogP contribution >= 0.6 is 0 Å². The van der Waals surface area contributed by atoms with E-state index in [4.69, 9.17) is 4.43 Å². The molecule has 0 aliphatic rings. The number of aliphatic hydroxyl groups excluding tert-OH is 1. The number of hydrogen-bond donors (Lipinski definition) is 1. The largest absolute Gasteiger partial charge is 0.410 e. The van der Waals surface area contributed by atoms with Crippen molar-refractivity contribution >= 4 is 19.1 Å². The van der Waals surface area contributed by atoms with Crippen LogP contribution in [0.25, 0.3) is 0 Å². The van der Waals surface area contributed by atoms with Crippen molar-refractivity contribution in [1.82, 2.24) is 0 Å². The zero-order chi connectivity index (χ0) is 17.1. The number of rotatable bonds is 6. The number of aliphatic hydroxyl groups is 1. The topological polar surface area (TPSA) is 46.5 Å². The van der Waals surface area contributed by atoms with Gasteiger partial charge in [-0.15, -0.1) is 0 Å². The van der Waals surface area contributed by atoms with E-state index in [-0.39, 0.29) is 5.04 Å². The Bertz CT molecular complexity index is 504. The lowest BCUT2D eigenvalue weighted by Crippen LogP contribution is -2.48. The normalized spacial score (nSPS) is 17.1. The summed E-state index contributed by atoms with van der Waals surface area (Å²) in [6.45, 7) is 14.5. The van der Waals surface area contributed by atoms with Gasteiger partial charge in [-0.2, -0.15) is 0 Å². The molecule has 1 aromatic rings. The van der Waals surface area contributed by atoms with Gasteiger partial charge in [-0.3, -0.25) is 4.21 Å². The van der Waals surface area contributed by atoms with Crippen LogP contribution in [0.15, 0.2) is 29.2 Å². The molecule has 0 amide bonds. The fourth-order valence-electron chi connectivity index (χ4n) is 1.76. The van der Waals surface area contributed by atoms with Crippen molar-refractivity contribution in [2.75, 3.05) is 5.75 Å². The van der Waals surface area contributed by atoms with Crippen LogP contribution in [0.1, 0.15) is 33.3 Å². The molecule has 0 saturated carbocycles. The molecule has 1 aromatic carbocycles. The van der Waals surface area contributed by atoms with Crippen molar-refractivity contribution in [3.63, 3.8) is 0 Å². The van der Waals surface area contributed by atoms with Crippen LogP contribution in [0.5, 0.6) is 0 Å². The van der Waals surface area contributed by atoms with Crippen molar-refractivity contribution < 1.29 is 13.7 Å². The highest BCUT2D eigenvalue weighted by molar-refractivity contribution is 7.85. The Morgan fingerprint density at radius 2 is 1.73 bits per heavy atom. The number of hydrogen-bond acceptors (Lipinski definition) is 3. The first-order valence-electron chi connectivity index (χ1n) is 7.75. The first-order valence-corrected chi connectivity index (χ1v) is 12.0. The van der Waals surface area contributed by atoms with E-state index in [1.165, 1.54) is 0 Å². The third kappa shape index (κ3) is 5.30. The van der Waals surface area contributed by atoms with Gasteiger partial charge in [0, 0.05) is 4.90 Å². The summed E-state index contributed by atoms with van der Waals surface area (Å²) in [5.41, 5.74) is 1.14. The van der Waals surface area contributed by atoms with Gasteiger partial charge in [0.2, 0.25) is 0 Å². The Labute approximate surface area is 138 Å². The van der Waals surface area contributed by atoms with Crippen molar-refractivity contribution in [1.29, 1.82) is 0 Å². The molecule has 3 nitrogen and oxygen atoms in total. The molecule has 0 aliphatic heterocycles. The second kappa shape index (κ2) is 7.38. The Hall–Kier alpha value is -0.493. The molecule has 0 aliphatic carbocycles. The SMILES string of the molecule is Cc1ccc(S(=O)C[C@@H](O[Si](C)(C)C(C)(C)C)[C@H](C)O)cc1. The van der Waals surface area contributed by atoms with E-state index < -0.39 is 31.3 Å². The Kier molecular flexibility index (Phi) is 6.56. The molecule has 0 saturated heterocycles. The fourth-order valence-corrected chi connectivity index (χ4v) is 4.55. The monoisotopic (exact) mass is 342 g/mol. The maximum absolute atomic E-state index is 12.5. The Balaban J connectivity index is 2.85. The maximum Gasteiger partial charge on any atom is 0.192 e. The van der Waals surface area contributed by atoms with Gasteiger partial charge in [0.1, 0.15) is 0 Å². The van der Waals surface area contributed by atoms with Crippen LogP contribution in [0.4, 0.5) is 0 Å². The van der Waals surface area contributed by atoms with Gasteiger partial charge in [-0.1, -0.05) is 38.5 Å². The summed E-state index contributed by atoms with van der Waals surface area (Å²) in [4.78, 5) is 0.787. The first-order chi connectivity index (χ1) is 9.94. The molecule has 1 unspecified atom stereocenters. The first kappa shape index (κ1) is 19.6. The predicted octanol–water partition coefficient (Wildman–Crippen LogP) is 3.87. The van der Waals surface area contributed by atoms with Crippen LogP contribution in [-0.2, 0) is 15.2 Å². The van der Waals surface area contributed by atoms with Crippen LogP contribution in [-0.4, -0.2) is 35.6 Å². The van der Waals surface area contributed by atoms with Gasteiger partial charge in [0.15, 0.2) is 8.32 Å². The average Bonchev–Trinajstić information content (AvgIpc) is 2.36. The zero-order valence-electron chi connectivity index (χ0n) is 14.8. The summed E-state index contributed by atoms with van der Waals surface area (Å²) in [7, 11) is -3.17. The van der Waals surface area contributed by atoms with Gasteiger partial charge >= 0.3 is 0 Å². The molecule has 126 valence electrons. The van der Waals surface area contributed by atoms with E-state index in [2.05, 4.69) is 33.9 Å². The molecular formula is C17H30O3SSi. The molecular weight excluding hydrogens is 312 g/mol. The lowest BCUT2D eigenvalue weighted by Gasteiger charge is -2.40. The quantitative estimate of drug-likeness (QED) is 0.798. The highest BCUT2D eigenvalue weighted by Gasteiger charge is 2.40. The van der Waals surface area contributed by atoms with Crippen LogP contribution < -0.4 is 0 Å².